The van der Waals surface area contributed by atoms with Crippen LogP contribution in [0.3, 0.4) is 0 Å². The molecule has 1 aliphatic heterocycles. The van der Waals surface area contributed by atoms with E-state index in [9.17, 15) is 9.59 Å². The van der Waals surface area contributed by atoms with Gasteiger partial charge in [0.25, 0.3) is 0 Å². The number of carbonyl (C=O) groups excluding carboxylic acids is 2. The van der Waals surface area contributed by atoms with Crippen LogP contribution in [0.2, 0.25) is 0 Å². The smallest absolute Gasteiger partial charge is 0.246 e. The summed E-state index contributed by atoms with van der Waals surface area (Å²) >= 11 is 1.54. The van der Waals surface area contributed by atoms with Crippen LogP contribution in [0, 0.1) is 5.92 Å². The summed E-state index contributed by atoms with van der Waals surface area (Å²) in [6, 6.07) is 7.86. The molecule has 0 bridgehead atoms. The molecular weight excluding hydrogens is 286 g/mol. The van der Waals surface area contributed by atoms with E-state index in [1.807, 2.05) is 24.3 Å². The van der Waals surface area contributed by atoms with Crippen LogP contribution in [0.5, 0.6) is 0 Å². The predicted octanol–water partition coefficient (Wildman–Crippen LogP) is 1.64. The first-order valence-corrected chi connectivity index (χ1v) is 7.57. The van der Waals surface area contributed by atoms with Crippen LogP contribution < -0.4 is 5.73 Å². The lowest BCUT2D eigenvalue weighted by atomic mass is 10.1. The molecule has 1 atom stereocenters. The van der Waals surface area contributed by atoms with E-state index in [0.717, 1.165) is 15.2 Å². The minimum Gasteiger partial charge on any atom is -0.369 e. The summed E-state index contributed by atoms with van der Waals surface area (Å²) in [6.45, 7) is 0.995. The zero-order valence-corrected chi connectivity index (χ0v) is 12.2. The third kappa shape index (κ3) is 2.95. The first kappa shape index (κ1) is 13.8. The minimum atomic E-state index is -0.333. The number of rotatable bonds is 3. The van der Waals surface area contributed by atoms with Crippen molar-refractivity contribution in [3.63, 3.8) is 0 Å². The molecule has 0 saturated carbocycles. The lowest BCUT2D eigenvalue weighted by Gasteiger charge is -2.12. The summed E-state index contributed by atoms with van der Waals surface area (Å²) in [5, 5.41) is 0.801. The molecule has 1 aliphatic rings. The van der Waals surface area contributed by atoms with Crippen LogP contribution in [0.25, 0.3) is 16.3 Å². The number of nitrogens with zero attached hydrogens (tertiary/aromatic N) is 2. The Labute approximate surface area is 126 Å². The van der Waals surface area contributed by atoms with Crippen molar-refractivity contribution in [1.29, 1.82) is 0 Å². The number of fused-ring (bicyclic) bond motifs is 1. The quantitative estimate of drug-likeness (QED) is 0.876. The standard InChI is InChI=1S/C15H15N3O2S/c16-15(20)10-7-8-18(9-10)14(19)6-5-13-17-11-3-1-2-4-12(11)21-13/h1-6,10H,7-9H2,(H2,16,20)/b6-5+/t10-/m0/s1. The molecule has 6 heteroatoms. The molecule has 3 rings (SSSR count). The molecule has 5 nitrogen and oxygen atoms in total. The van der Waals surface area contributed by atoms with E-state index in [-0.39, 0.29) is 17.7 Å². The number of primary amides is 1. The van der Waals surface area contributed by atoms with Crippen molar-refractivity contribution in [2.24, 2.45) is 11.7 Å². The molecule has 2 amide bonds. The van der Waals surface area contributed by atoms with Gasteiger partial charge in [-0.05, 0) is 24.6 Å². The number of aromatic nitrogens is 1. The first-order chi connectivity index (χ1) is 10.1. The van der Waals surface area contributed by atoms with Crippen LogP contribution in [-0.4, -0.2) is 34.8 Å². The summed E-state index contributed by atoms with van der Waals surface area (Å²) in [5.74, 6) is -0.650. The Morgan fingerprint density at radius 2 is 2.19 bits per heavy atom. The Balaban J connectivity index is 1.68. The van der Waals surface area contributed by atoms with E-state index < -0.39 is 0 Å². The summed E-state index contributed by atoms with van der Waals surface area (Å²) < 4.78 is 1.10. The number of nitrogens with two attached hydrogens (primary N) is 1. The Bertz CT molecular complexity index is 690. The second-order valence-corrected chi connectivity index (χ2v) is 6.09. The highest BCUT2D eigenvalue weighted by molar-refractivity contribution is 7.19. The Hall–Kier alpha value is -2.21. The summed E-state index contributed by atoms with van der Waals surface area (Å²) in [5.41, 5.74) is 6.20. The molecule has 2 aromatic rings. The maximum Gasteiger partial charge on any atom is 0.246 e. The SMILES string of the molecule is NC(=O)[C@H]1CCN(C(=O)/C=C/c2nc3ccccc3s2)C1. The second-order valence-electron chi connectivity index (χ2n) is 5.03. The molecule has 2 N–H and O–H groups in total. The van der Waals surface area contributed by atoms with Crippen molar-refractivity contribution in [2.75, 3.05) is 13.1 Å². The van der Waals surface area contributed by atoms with Crippen LogP contribution in [0.15, 0.2) is 30.3 Å². The molecule has 1 saturated heterocycles. The zero-order valence-electron chi connectivity index (χ0n) is 11.4. The normalized spacial score (nSPS) is 18.7. The molecule has 21 heavy (non-hydrogen) atoms. The maximum absolute atomic E-state index is 12.1. The molecule has 1 fully saturated rings. The van der Waals surface area contributed by atoms with Crippen molar-refractivity contribution >= 4 is 39.4 Å². The van der Waals surface area contributed by atoms with E-state index in [4.69, 9.17) is 5.73 Å². The fourth-order valence-corrected chi connectivity index (χ4v) is 3.27. The number of likely N-dealkylation sites (tertiary alicyclic amines) is 1. The highest BCUT2D eigenvalue weighted by atomic mass is 32.1. The summed E-state index contributed by atoms with van der Waals surface area (Å²) in [7, 11) is 0. The molecule has 0 unspecified atom stereocenters. The van der Waals surface area contributed by atoms with E-state index in [2.05, 4.69) is 4.98 Å². The average molecular weight is 301 g/mol. The third-order valence-corrected chi connectivity index (χ3v) is 4.58. The largest absolute Gasteiger partial charge is 0.369 e. The van der Waals surface area contributed by atoms with Crippen LogP contribution >= 0.6 is 11.3 Å². The number of hydrogen-bond acceptors (Lipinski definition) is 4. The fraction of sp³-hybridized carbons (Fsp3) is 0.267. The van der Waals surface area contributed by atoms with Crippen LogP contribution in [0.4, 0.5) is 0 Å². The molecule has 1 aromatic heterocycles. The van der Waals surface area contributed by atoms with Gasteiger partial charge in [0.1, 0.15) is 5.01 Å². The third-order valence-electron chi connectivity index (χ3n) is 3.58. The highest BCUT2D eigenvalue weighted by Gasteiger charge is 2.28. The summed E-state index contributed by atoms with van der Waals surface area (Å²) in [4.78, 5) is 29.3. The van der Waals surface area contributed by atoms with Gasteiger partial charge >= 0.3 is 0 Å². The molecule has 0 radical (unpaired) electrons. The van der Waals surface area contributed by atoms with Crippen molar-refractivity contribution in [3.8, 4) is 0 Å². The van der Waals surface area contributed by atoms with E-state index in [1.165, 1.54) is 6.08 Å². The first-order valence-electron chi connectivity index (χ1n) is 6.75. The number of para-hydroxylation sites is 1. The van der Waals surface area contributed by atoms with Gasteiger partial charge in [-0.1, -0.05) is 12.1 Å². The van der Waals surface area contributed by atoms with Crippen LogP contribution in [-0.2, 0) is 9.59 Å². The Kier molecular flexibility index (Phi) is 3.70. The number of amides is 2. The maximum atomic E-state index is 12.1. The van der Waals surface area contributed by atoms with Gasteiger partial charge in [0.2, 0.25) is 11.8 Å². The van der Waals surface area contributed by atoms with E-state index in [1.54, 1.807) is 22.3 Å². The van der Waals surface area contributed by atoms with Gasteiger partial charge in [0.05, 0.1) is 16.1 Å². The van der Waals surface area contributed by atoms with E-state index in [0.29, 0.717) is 19.5 Å². The van der Waals surface area contributed by atoms with Gasteiger partial charge in [0, 0.05) is 19.2 Å². The van der Waals surface area contributed by atoms with Crippen molar-refractivity contribution in [3.05, 3.63) is 35.3 Å². The topological polar surface area (TPSA) is 76.3 Å². The second kappa shape index (κ2) is 5.65. The Morgan fingerprint density at radius 1 is 1.38 bits per heavy atom. The van der Waals surface area contributed by atoms with E-state index >= 15 is 0 Å². The predicted molar refractivity (Wildman–Crippen MR) is 82.5 cm³/mol. The summed E-state index contributed by atoms with van der Waals surface area (Å²) in [6.07, 6.45) is 3.89. The Morgan fingerprint density at radius 3 is 2.90 bits per heavy atom. The minimum absolute atomic E-state index is 0.0991. The molecule has 1 aromatic carbocycles. The molecular formula is C15H15N3O2S. The lowest BCUT2D eigenvalue weighted by molar-refractivity contribution is -0.125. The van der Waals surface area contributed by atoms with Gasteiger partial charge in [0.15, 0.2) is 0 Å². The highest BCUT2D eigenvalue weighted by Crippen LogP contribution is 2.22. The van der Waals surface area contributed by atoms with Crippen molar-refractivity contribution in [1.82, 2.24) is 9.88 Å². The average Bonchev–Trinajstić information content (AvgIpc) is 3.11. The molecule has 2 heterocycles. The van der Waals surface area contributed by atoms with Gasteiger partial charge in [-0.2, -0.15) is 0 Å². The van der Waals surface area contributed by atoms with Gasteiger partial charge in [-0.15, -0.1) is 11.3 Å². The van der Waals surface area contributed by atoms with Crippen LogP contribution in [0.1, 0.15) is 11.4 Å². The van der Waals surface area contributed by atoms with Crippen molar-refractivity contribution in [2.45, 2.75) is 6.42 Å². The van der Waals surface area contributed by atoms with Gasteiger partial charge in [-0.25, -0.2) is 4.98 Å². The monoisotopic (exact) mass is 301 g/mol. The number of thiazole rings is 1. The zero-order chi connectivity index (χ0) is 14.8. The molecule has 0 aliphatic carbocycles. The fourth-order valence-electron chi connectivity index (χ4n) is 2.40. The van der Waals surface area contributed by atoms with Gasteiger partial charge < -0.3 is 10.6 Å². The van der Waals surface area contributed by atoms with Crippen molar-refractivity contribution < 1.29 is 9.59 Å². The molecule has 108 valence electrons. The number of carbonyl (C=O) groups is 2. The lowest BCUT2D eigenvalue weighted by Crippen LogP contribution is -2.30. The van der Waals surface area contributed by atoms with Gasteiger partial charge in [-0.3, -0.25) is 9.59 Å². The molecule has 0 spiro atoms. The number of hydrogen-bond donors (Lipinski definition) is 1. The number of benzene rings is 1.